The number of amides is 1. The van der Waals surface area contributed by atoms with Crippen molar-refractivity contribution in [3.63, 3.8) is 0 Å². The molecule has 1 aliphatic rings. The van der Waals surface area contributed by atoms with Crippen LogP contribution in [-0.2, 0) is 0 Å². The standard InChI is InChI=1S/C17H21NO3S/c1-10-13-8-12(21-2)6-7-15(13)22-16(10)17(20)18-9-11-4-3-5-14(11)19/h6-8,11,14,19H,3-5,9H2,1-2H3,(H,18,20). The van der Waals surface area contributed by atoms with Gasteiger partial charge in [-0.2, -0.15) is 0 Å². The molecule has 0 radical (unpaired) electrons. The summed E-state index contributed by atoms with van der Waals surface area (Å²) in [6.45, 7) is 2.52. The minimum Gasteiger partial charge on any atom is -0.497 e. The second kappa shape index (κ2) is 6.26. The third-order valence-corrected chi connectivity index (χ3v) is 5.76. The quantitative estimate of drug-likeness (QED) is 0.910. The summed E-state index contributed by atoms with van der Waals surface area (Å²) in [5.74, 6) is 0.949. The highest BCUT2D eigenvalue weighted by molar-refractivity contribution is 7.21. The van der Waals surface area contributed by atoms with Crippen molar-refractivity contribution in [2.24, 2.45) is 5.92 Å². The van der Waals surface area contributed by atoms with Crippen LogP contribution in [0.15, 0.2) is 18.2 Å². The molecule has 4 nitrogen and oxygen atoms in total. The summed E-state index contributed by atoms with van der Waals surface area (Å²) in [4.78, 5) is 13.2. The molecule has 0 bridgehead atoms. The molecule has 1 aliphatic carbocycles. The Kier molecular flexibility index (Phi) is 4.36. The molecule has 118 valence electrons. The molecule has 2 N–H and O–H groups in total. The van der Waals surface area contributed by atoms with Crippen molar-refractivity contribution < 1.29 is 14.6 Å². The lowest BCUT2D eigenvalue weighted by molar-refractivity contribution is 0.0920. The molecule has 0 saturated heterocycles. The summed E-state index contributed by atoms with van der Waals surface area (Å²) in [6, 6.07) is 5.87. The van der Waals surface area contributed by atoms with Crippen molar-refractivity contribution >= 4 is 27.3 Å². The first-order valence-corrected chi connectivity index (χ1v) is 8.45. The molecule has 1 amide bonds. The van der Waals surface area contributed by atoms with Crippen molar-refractivity contribution in [1.29, 1.82) is 0 Å². The van der Waals surface area contributed by atoms with Crippen LogP contribution in [0.1, 0.15) is 34.5 Å². The minimum absolute atomic E-state index is 0.0447. The van der Waals surface area contributed by atoms with Gasteiger partial charge in [0.15, 0.2) is 0 Å². The summed E-state index contributed by atoms with van der Waals surface area (Å²) in [5.41, 5.74) is 0.989. The number of aliphatic hydroxyl groups is 1. The van der Waals surface area contributed by atoms with Gasteiger partial charge in [0.2, 0.25) is 0 Å². The third kappa shape index (κ3) is 2.83. The molecule has 2 aromatic rings. The average Bonchev–Trinajstić information content (AvgIpc) is 3.08. The average molecular weight is 319 g/mol. The van der Waals surface area contributed by atoms with Crippen LogP contribution in [0.2, 0.25) is 0 Å². The highest BCUT2D eigenvalue weighted by Crippen LogP contribution is 2.33. The summed E-state index contributed by atoms with van der Waals surface area (Å²) in [7, 11) is 1.64. The number of thiophene rings is 1. The third-order valence-electron chi connectivity index (χ3n) is 4.49. The number of hydrogen-bond donors (Lipinski definition) is 2. The van der Waals surface area contributed by atoms with E-state index in [2.05, 4.69) is 5.32 Å². The van der Waals surface area contributed by atoms with E-state index in [1.807, 2.05) is 25.1 Å². The highest BCUT2D eigenvalue weighted by Gasteiger charge is 2.26. The maximum absolute atomic E-state index is 12.4. The number of fused-ring (bicyclic) bond motifs is 1. The maximum atomic E-state index is 12.4. The van der Waals surface area contributed by atoms with Crippen LogP contribution >= 0.6 is 11.3 Å². The van der Waals surface area contributed by atoms with Gasteiger partial charge in [-0.3, -0.25) is 4.79 Å². The Morgan fingerprint density at radius 3 is 2.95 bits per heavy atom. The molecule has 22 heavy (non-hydrogen) atoms. The first-order chi connectivity index (χ1) is 10.6. The predicted molar refractivity (Wildman–Crippen MR) is 88.8 cm³/mol. The Morgan fingerprint density at radius 2 is 2.27 bits per heavy atom. The number of carbonyl (C=O) groups is 1. The fourth-order valence-corrected chi connectivity index (χ4v) is 4.21. The van der Waals surface area contributed by atoms with E-state index in [1.165, 1.54) is 11.3 Å². The lowest BCUT2D eigenvalue weighted by Crippen LogP contribution is -2.32. The maximum Gasteiger partial charge on any atom is 0.261 e. The van der Waals surface area contributed by atoms with Crippen molar-refractivity contribution in [2.75, 3.05) is 13.7 Å². The molecule has 2 unspecified atom stereocenters. The molecule has 1 heterocycles. The molecule has 3 rings (SSSR count). The number of nitrogens with one attached hydrogen (secondary N) is 1. The van der Waals surface area contributed by atoms with E-state index in [9.17, 15) is 9.90 Å². The Hall–Kier alpha value is -1.59. The van der Waals surface area contributed by atoms with Crippen LogP contribution in [0.5, 0.6) is 5.75 Å². The van der Waals surface area contributed by atoms with E-state index < -0.39 is 0 Å². The van der Waals surface area contributed by atoms with Crippen molar-refractivity contribution in [3.8, 4) is 5.75 Å². The Morgan fingerprint density at radius 1 is 1.45 bits per heavy atom. The summed E-state index contributed by atoms with van der Waals surface area (Å²) >= 11 is 1.50. The normalized spacial score (nSPS) is 21.2. The predicted octanol–water partition coefficient (Wildman–Crippen LogP) is 3.11. The van der Waals surface area contributed by atoms with E-state index >= 15 is 0 Å². The van der Waals surface area contributed by atoms with Gasteiger partial charge >= 0.3 is 0 Å². The van der Waals surface area contributed by atoms with Gasteiger partial charge in [-0.25, -0.2) is 0 Å². The zero-order valence-electron chi connectivity index (χ0n) is 12.9. The minimum atomic E-state index is -0.270. The van der Waals surface area contributed by atoms with Gasteiger partial charge in [-0.05, 0) is 48.9 Å². The molecular weight excluding hydrogens is 298 g/mol. The topological polar surface area (TPSA) is 58.6 Å². The second-order valence-corrected chi connectivity index (χ2v) is 6.94. The van der Waals surface area contributed by atoms with Gasteiger partial charge in [0.05, 0.1) is 18.1 Å². The molecular formula is C17H21NO3S. The van der Waals surface area contributed by atoms with E-state index in [1.54, 1.807) is 7.11 Å². The number of aliphatic hydroxyl groups excluding tert-OH is 1. The first kappa shape index (κ1) is 15.3. The Bertz CT molecular complexity index is 695. The van der Waals surface area contributed by atoms with E-state index in [4.69, 9.17) is 4.74 Å². The second-order valence-electron chi connectivity index (χ2n) is 5.89. The smallest absolute Gasteiger partial charge is 0.261 e. The van der Waals surface area contributed by atoms with Crippen LogP contribution < -0.4 is 10.1 Å². The monoisotopic (exact) mass is 319 g/mol. The molecule has 1 fully saturated rings. The summed E-state index contributed by atoms with van der Waals surface area (Å²) in [5, 5.41) is 13.9. The fraction of sp³-hybridized carbons (Fsp3) is 0.471. The van der Waals surface area contributed by atoms with Crippen molar-refractivity contribution in [3.05, 3.63) is 28.6 Å². The number of aryl methyl sites for hydroxylation is 1. The zero-order valence-corrected chi connectivity index (χ0v) is 13.7. The number of rotatable bonds is 4. The van der Waals surface area contributed by atoms with Gasteiger partial charge in [0.1, 0.15) is 5.75 Å². The van der Waals surface area contributed by atoms with Gasteiger partial charge in [-0.15, -0.1) is 11.3 Å². The molecule has 0 spiro atoms. The van der Waals surface area contributed by atoms with Crippen LogP contribution in [0.4, 0.5) is 0 Å². The molecule has 5 heteroatoms. The molecule has 1 aromatic carbocycles. The van der Waals surface area contributed by atoms with Crippen LogP contribution in [0.25, 0.3) is 10.1 Å². The largest absolute Gasteiger partial charge is 0.497 e. The van der Waals surface area contributed by atoms with Crippen LogP contribution in [-0.4, -0.2) is 30.8 Å². The molecule has 1 aromatic heterocycles. The number of methoxy groups -OCH3 is 1. The van der Waals surface area contributed by atoms with Gasteiger partial charge in [-0.1, -0.05) is 6.42 Å². The number of ether oxygens (including phenoxy) is 1. The van der Waals surface area contributed by atoms with Crippen LogP contribution in [0, 0.1) is 12.8 Å². The van der Waals surface area contributed by atoms with Crippen molar-refractivity contribution in [1.82, 2.24) is 5.32 Å². The Labute approximate surface area is 134 Å². The van der Waals surface area contributed by atoms with E-state index in [0.29, 0.717) is 6.54 Å². The Balaban J connectivity index is 1.77. The van der Waals surface area contributed by atoms with Gasteiger partial charge in [0.25, 0.3) is 5.91 Å². The van der Waals surface area contributed by atoms with Crippen LogP contribution in [0.3, 0.4) is 0 Å². The molecule has 0 aliphatic heterocycles. The molecule has 2 atom stereocenters. The van der Waals surface area contributed by atoms with Gasteiger partial charge < -0.3 is 15.2 Å². The SMILES string of the molecule is COc1ccc2sc(C(=O)NCC3CCCC3O)c(C)c2c1. The number of hydrogen-bond acceptors (Lipinski definition) is 4. The lowest BCUT2D eigenvalue weighted by Gasteiger charge is -2.14. The lowest BCUT2D eigenvalue weighted by atomic mass is 10.1. The van der Waals surface area contributed by atoms with E-state index in [-0.39, 0.29) is 17.9 Å². The summed E-state index contributed by atoms with van der Waals surface area (Å²) < 4.78 is 6.34. The van der Waals surface area contributed by atoms with Crippen molar-refractivity contribution in [2.45, 2.75) is 32.3 Å². The number of benzene rings is 1. The summed E-state index contributed by atoms with van der Waals surface area (Å²) in [6.07, 6.45) is 2.61. The highest BCUT2D eigenvalue weighted by atomic mass is 32.1. The molecule has 1 saturated carbocycles. The van der Waals surface area contributed by atoms with Gasteiger partial charge in [0, 0.05) is 17.2 Å². The number of carbonyl (C=O) groups excluding carboxylic acids is 1. The first-order valence-electron chi connectivity index (χ1n) is 7.63. The fourth-order valence-electron chi connectivity index (χ4n) is 3.10. The zero-order chi connectivity index (χ0) is 15.7. The van der Waals surface area contributed by atoms with E-state index in [0.717, 1.165) is 45.5 Å².